The maximum Gasteiger partial charge on any atom is 0.326 e. The molecule has 1 aromatic rings. The fraction of sp³-hybridized carbons (Fsp3) is 0.429. The van der Waals surface area contributed by atoms with Gasteiger partial charge in [-0.1, -0.05) is 12.1 Å². The molecule has 2 amide bonds. The maximum atomic E-state index is 12.3. The van der Waals surface area contributed by atoms with Gasteiger partial charge in [-0.25, -0.2) is 4.79 Å². The van der Waals surface area contributed by atoms with Crippen LogP contribution in [0.2, 0.25) is 0 Å². The van der Waals surface area contributed by atoms with Crippen molar-refractivity contribution in [2.24, 2.45) is 27.6 Å². The minimum absolute atomic E-state index is 0. The molecule has 0 radical (unpaired) electrons. The van der Waals surface area contributed by atoms with Gasteiger partial charge in [-0.05, 0) is 49.3 Å². The third kappa shape index (κ3) is 6.84. The van der Waals surface area contributed by atoms with Gasteiger partial charge in [-0.3, -0.25) is 24.7 Å². The topological polar surface area (TPSA) is 215 Å². The van der Waals surface area contributed by atoms with E-state index in [2.05, 4.69) is 20.6 Å². The van der Waals surface area contributed by atoms with Gasteiger partial charge in [0, 0.05) is 18.5 Å². The van der Waals surface area contributed by atoms with Gasteiger partial charge in [-0.2, -0.15) is 4.99 Å². The molecule has 3 atom stereocenters. The highest BCUT2D eigenvalue weighted by Gasteiger charge is 2.34. The predicted octanol–water partition coefficient (Wildman–Crippen LogP) is -0.679. The first-order valence-electron chi connectivity index (χ1n) is 10.3. The molecule has 2 aliphatic rings. The molecule has 0 aromatic heterocycles. The number of carboxylic acids is 2. The highest BCUT2D eigenvalue weighted by molar-refractivity contribution is 6.16. The zero-order chi connectivity index (χ0) is 23.3. The molecule has 0 saturated carbocycles. The first kappa shape index (κ1) is 25.5. The average molecular weight is 461 g/mol. The predicted molar refractivity (Wildman–Crippen MR) is 118 cm³/mol. The number of aliphatic imine (C=N–C) groups is 2. The van der Waals surface area contributed by atoms with E-state index in [-0.39, 0.29) is 47.6 Å². The van der Waals surface area contributed by atoms with Crippen LogP contribution < -0.4 is 16.4 Å². The van der Waals surface area contributed by atoms with Crippen molar-refractivity contribution in [3.05, 3.63) is 35.4 Å². The lowest BCUT2D eigenvalue weighted by atomic mass is 9.85. The first-order chi connectivity index (χ1) is 15.2. The van der Waals surface area contributed by atoms with Gasteiger partial charge in [0.25, 0.3) is 5.91 Å². The van der Waals surface area contributed by atoms with Gasteiger partial charge >= 0.3 is 11.9 Å². The molecule has 0 aliphatic carbocycles. The molecule has 1 aromatic carbocycles. The number of guanidine groups is 1. The SMILES string of the molecule is NC1=NC2=NC[C@H](CCc3ccc(C(=O)N[C@@H](CCC(=O)O)C(=O)O)cc3)CC2C(=O)N1.O. The molecular formula is C21H27N5O7. The Morgan fingerprint density at radius 3 is 2.55 bits per heavy atom. The molecule has 8 N–H and O–H groups in total. The van der Waals surface area contributed by atoms with Crippen LogP contribution in [0.15, 0.2) is 34.3 Å². The number of aliphatic carboxylic acids is 2. The van der Waals surface area contributed by atoms with Gasteiger partial charge in [0.1, 0.15) is 11.9 Å². The van der Waals surface area contributed by atoms with Crippen LogP contribution in [0.4, 0.5) is 0 Å². The van der Waals surface area contributed by atoms with Crippen molar-refractivity contribution in [1.82, 2.24) is 10.6 Å². The number of nitrogens with zero attached hydrogens (tertiary/aromatic N) is 2. The second-order valence-corrected chi connectivity index (χ2v) is 7.87. The molecule has 0 saturated heterocycles. The molecule has 12 heteroatoms. The second kappa shape index (κ2) is 11.2. The summed E-state index contributed by atoms with van der Waals surface area (Å²) in [5.74, 6) is -2.77. The van der Waals surface area contributed by atoms with Gasteiger partial charge in [-0.15, -0.1) is 0 Å². The number of amidine groups is 1. The summed E-state index contributed by atoms with van der Waals surface area (Å²) in [4.78, 5) is 54.8. The Balaban J connectivity index is 0.00000385. The number of carboxylic acid groups (broad SMARTS) is 2. The Kier molecular flexibility index (Phi) is 8.63. The lowest BCUT2D eigenvalue weighted by Gasteiger charge is -2.29. The number of fused-ring (bicyclic) bond motifs is 1. The number of rotatable bonds is 9. The van der Waals surface area contributed by atoms with E-state index >= 15 is 0 Å². The number of hydrogen-bond donors (Lipinski definition) is 5. The van der Waals surface area contributed by atoms with E-state index in [4.69, 9.17) is 15.9 Å². The van der Waals surface area contributed by atoms with Crippen LogP contribution in [0.25, 0.3) is 0 Å². The van der Waals surface area contributed by atoms with Crippen molar-refractivity contribution in [2.45, 2.75) is 38.1 Å². The Labute approximate surface area is 189 Å². The first-order valence-corrected chi connectivity index (χ1v) is 10.3. The van der Waals surface area contributed by atoms with Crippen molar-refractivity contribution >= 4 is 35.5 Å². The summed E-state index contributed by atoms with van der Waals surface area (Å²) in [6, 6.07) is 5.51. The standard InChI is InChI=1S/C21H25N5O6.H2O/c22-21-25-17-14(19(30)26-21)9-12(10-23-17)2-1-11-3-5-13(6-4-11)18(29)24-15(20(31)32)7-8-16(27)28;/h3-6,12,14-15H,1-2,7-10H2,(H,24,29)(H,27,28)(H,31,32)(H3,22,23,25,26,30);1H2/t12-,14?,15+;/m1./s1. The summed E-state index contributed by atoms with van der Waals surface area (Å²) in [6.07, 6.45) is 1.63. The zero-order valence-corrected chi connectivity index (χ0v) is 17.8. The Morgan fingerprint density at radius 2 is 1.91 bits per heavy atom. The molecule has 2 heterocycles. The summed E-state index contributed by atoms with van der Waals surface area (Å²) >= 11 is 0. The van der Waals surface area contributed by atoms with Crippen molar-refractivity contribution in [1.29, 1.82) is 0 Å². The molecule has 178 valence electrons. The fourth-order valence-electron chi connectivity index (χ4n) is 3.72. The van der Waals surface area contributed by atoms with Gasteiger partial charge in [0.2, 0.25) is 11.9 Å². The van der Waals surface area contributed by atoms with E-state index in [1.807, 2.05) is 0 Å². The number of carbonyl (C=O) groups is 4. The Bertz CT molecular complexity index is 974. The van der Waals surface area contributed by atoms with Crippen LogP contribution in [-0.4, -0.2) is 63.8 Å². The number of nitrogens with two attached hydrogens (primary N) is 1. The van der Waals surface area contributed by atoms with Crippen LogP contribution in [0.5, 0.6) is 0 Å². The Hall–Kier alpha value is -3.80. The number of amides is 2. The van der Waals surface area contributed by atoms with Crippen LogP contribution in [0, 0.1) is 11.8 Å². The van der Waals surface area contributed by atoms with Crippen molar-refractivity contribution < 1.29 is 34.9 Å². The fourth-order valence-corrected chi connectivity index (χ4v) is 3.72. The molecular weight excluding hydrogens is 434 g/mol. The third-order valence-corrected chi connectivity index (χ3v) is 5.50. The molecule has 0 fully saturated rings. The summed E-state index contributed by atoms with van der Waals surface area (Å²) in [5, 5.41) is 22.8. The largest absolute Gasteiger partial charge is 0.481 e. The average Bonchev–Trinajstić information content (AvgIpc) is 2.75. The summed E-state index contributed by atoms with van der Waals surface area (Å²) in [7, 11) is 0. The monoisotopic (exact) mass is 461 g/mol. The molecule has 0 spiro atoms. The van der Waals surface area contributed by atoms with Crippen LogP contribution in [-0.2, 0) is 20.8 Å². The number of aryl methyl sites for hydroxylation is 1. The van der Waals surface area contributed by atoms with E-state index in [0.717, 1.165) is 18.4 Å². The minimum Gasteiger partial charge on any atom is -0.481 e. The van der Waals surface area contributed by atoms with Crippen molar-refractivity contribution in [3.63, 3.8) is 0 Å². The van der Waals surface area contributed by atoms with E-state index in [1.165, 1.54) is 0 Å². The zero-order valence-electron chi connectivity index (χ0n) is 17.8. The normalized spacial score (nSPS) is 20.2. The Morgan fingerprint density at radius 1 is 1.21 bits per heavy atom. The molecule has 3 rings (SSSR count). The van der Waals surface area contributed by atoms with Gasteiger partial charge in [0.05, 0.1) is 5.92 Å². The van der Waals surface area contributed by atoms with Crippen LogP contribution in [0.3, 0.4) is 0 Å². The number of benzene rings is 1. The smallest absolute Gasteiger partial charge is 0.326 e. The highest BCUT2D eigenvalue weighted by Crippen LogP contribution is 2.26. The van der Waals surface area contributed by atoms with Crippen LogP contribution in [0.1, 0.15) is 41.6 Å². The quantitative estimate of drug-likeness (QED) is 0.319. The van der Waals surface area contributed by atoms with Crippen molar-refractivity contribution in [3.8, 4) is 0 Å². The molecule has 33 heavy (non-hydrogen) atoms. The summed E-state index contributed by atoms with van der Waals surface area (Å²) < 4.78 is 0. The van der Waals surface area contributed by atoms with E-state index in [1.54, 1.807) is 24.3 Å². The third-order valence-electron chi connectivity index (χ3n) is 5.50. The lowest BCUT2D eigenvalue weighted by Crippen LogP contribution is -2.49. The lowest BCUT2D eigenvalue weighted by molar-refractivity contribution is -0.140. The molecule has 1 unspecified atom stereocenters. The van der Waals surface area contributed by atoms with Crippen LogP contribution >= 0.6 is 0 Å². The summed E-state index contributed by atoms with van der Waals surface area (Å²) in [5.41, 5.74) is 6.84. The van der Waals surface area contributed by atoms with E-state index < -0.39 is 23.9 Å². The highest BCUT2D eigenvalue weighted by atomic mass is 16.4. The van der Waals surface area contributed by atoms with Gasteiger partial charge < -0.3 is 26.7 Å². The number of carbonyl (C=O) groups excluding carboxylic acids is 2. The number of nitrogens with one attached hydrogen (secondary N) is 2. The van der Waals surface area contributed by atoms with Gasteiger partial charge in [0.15, 0.2) is 0 Å². The minimum atomic E-state index is -1.28. The van der Waals surface area contributed by atoms with Crippen molar-refractivity contribution in [2.75, 3.05) is 6.54 Å². The second-order valence-electron chi connectivity index (χ2n) is 7.87. The molecule has 12 nitrogen and oxygen atoms in total. The van der Waals surface area contributed by atoms with E-state index in [9.17, 15) is 19.2 Å². The van der Waals surface area contributed by atoms with E-state index in [0.29, 0.717) is 18.8 Å². The number of hydrogen-bond acceptors (Lipinski definition) is 7. The summed E-state index contributed by atoms with van der Waals surface area (Å²) in [6.45, 7) is 0.573. The molecule has 2 aliphatic heterocycles. The maximum absolute atomic E-state index is 12.3. The molecule has 0 bridgehead atoms.